The average molecular weight is 405 g/mol. The van der Waals surface area contributed by atoms with Crippen molar-refractivity contribution in [3.05, 3.63) is 72.8 Å². The summed E-state index contributed by atoms with van der Waals surface area (Å²) in [6.07, 6.45) is 2.11. The van der Waals surface area contributed by atoms with Gasteiger partial charge in [0.05, 0.1) is 6.54 Å². The molecule has 1 saturated heterocycles. The summed E-state index contributed by atoms with van der Waals surface area (Å²) in [5.74, 6) is -0.615. The Labute approximate surface area is 177 Å². The molecule has 0 bridgehead atoms. The quantitative estimate of drug-likeness (QED) is 0.719. The van der Waals surface area contributed by atoms with Crippen molar-refractivity contribution in [3.63, 3.8) is 0 Å². The number of carbonyl (C=O) groups is 3. The maximum Gasteiger partial charge on any atom is 0.246 e. The summed E-state index contributed by atoms with van der Waals surface area (Å²) in [5.41, 5.74) is 3.14. The number of rotatable bonds is 7. The Balaban J connectivity index is 1.84. The van der Waals surface area contributed by atoms with Crippen LogP contribution in [0.4, 0.5) is 0 Å². The number of hydrogen-bond acceptors (Lipinski definition) is 3. The highest BCUT2D eigenvalue weighted by Gasteiger charge is 2.36. The molecule has 30 heavy (non-hydrogen) atoms. The van der Waals surface area contributed by atoms with Gasteiger partial charge < -0.3 is 15.1 Å². The molecule has 1 fully saturated rings. The molecular weight excluding hydrogens is 378 g/mol. The average Bonchev–Trinajstić information content (AvgIpc) is 2.76. The van der Waals surface area contributed by atoms with Crippen molar-refractivity contribution in [2.45, 2.75) is 19.4 Å². The van der Waals surface area contributed by atoms with E-state index in [9.17, 15) is 14.4 Å². The Kier molecular flexibility index (Phi) is 7.01. The van der Waals surface area contributed by atoms with E-state index in [1.807, 2.05) is 48.5 Å². The van der Waals surface area contributed by atoms with Crippen LogP contribution in [-0.2, 0) is 20.8 Å². The summed E-state index contributed by atoms with van der Waals surface area (Å²) in [6, 6.07) is 17.5. The van der Waals surface area contributed by atoms with Gasteiger partial charge >= 0.3 is 0 Å². The molecule has 3 rings (SSSR count). The Morgan fingerprint density at radius 3 is 2.53 bits per heavy atom. The summed E-state index contributed by atoms with van der Waals surface area (Å²) >= 11 is 0. The van der Waals surface area contributed by atoms with E-state index in [-0.39, 0.29) is 24.3 Å². The number of amides is 3. The van der Waals surface area contributed by atoms with Crippen LogP contribution in [0.3, 0.4) is 0 Å². The van der Waals surface area contributed by atoms with E-state index in [1.54, 1.807) is 15.9 Å². The van der Waals surface area contributed by atoms with Gasteiger partial charge in [-0.15, -0.1) is 6.58 Å². The predicted molar refractivity (Wildman–Crippen MR) is 117 cm³/mol. The summed E-state index contributed by atoms with van der Waals surface area (Å²) in [6.45, 7) is 6.32. The third kappa shape index (κ3) is 5.14. The van der Waals surface area contributed by atoms with Crippen molar-refractivity contribution in [2.24, 2.45) is 0 Å². The van der Waals surface area contributed by atoms with Crippen molar-refractivity contribution in [2.75, 3.05) is 26.2 Å². The van der Waals surface area contributed by atoms with Crippen LogP contribution >= 0.6 is 0 Å². The number of carbonyl (C=O) groups excluding carboxylic acids is 3. The standard InChI is InChI=1S/C24H27N3O3/c1-3-12-26-13-14-27(23(29)17-25-18(2)28)22(24(26)30)16-19-8-7-11-21(15-19)20-9-5-4-6-10-20/h3-11,15,22H,1,12-14,16-17H2,2H3,(H,25,28)/t22-/m0/s1. The molecule has 1 heterocycles. The van der Waals surface area contributed by atoms with Crippen LogP contribution in [0.2, 0.25) is 0 Å². The Bertz CT molecular complexity index is 926. The molecule has 0 radical (unpaired) electrons. The van der Waals surface area contributed by atoms with Gasteiger partial charge in [0, 0.05) is 33.0 Å². The minimum atomic E-state index is -0.606. The molecule has 2 aromatic carbocycles. The van der Waals surface area contributed by atoms with Crippen LogP contribution in [-0.4, -0.2) is 59.7 Å². The number of hydrogen-bond donors (Lipinski definition) is 1. The lowest BCUT2D eigenvalue weighted by atomic mass is 9.97. The van der Waals surface area contributed by atoms with Gasteiger partial charge in [-0.05, 0) is 16.7 Å². The van der Waals surface area contributed by atoms with Gasteiger partial charge in [-0.3, -0.25) is 14.4 Å². The van der Waals surface area contributed by atoms with Crippen molar-refractivity contribution in [1.82, 2.24) is 15.1 Å². The third-order valence-corrected chi connectivity index (χ3v) is 5.21. The minimum absolute atomic E-state index is 0.0950. The first-order chi connectivity index (χ1) is 14.5. The molecule has 0 aromatic heterocycles. The second-order valence-corrected chi connectivity index (χ2v) is 7.36. The van der Waals surface area contributed by atoms with Crippen molar-refractivity contribution >= 4 is 17.7 Å². The monoisotopic (exact) mass is 405 g/mol. The molecule has 0 unspecified atom stereocenters. The Hall–Kier alpha value is -3.41. The highest BCUT2D eigenvalue weighted by atomic mass is 16.2. The molecule has 1 N–H and O–H groups in total. The van der Waals surface area contributed by atoms with Crippen LogP contribution in [0.25, 0.3) is 11.1 Å². The zero-order chi connectivity index (χ0) is 21.5. The van der Waals surface area contributed by atoms with Gasteiger partial charge in [-0.25, -0.2) is 0 Å². The first-order valence-corrected chi connectivity index (χ1v) is 10.1. The van der Waals surface area contributed by atoms with Crippen molar-refractivity contribution in [3.8, 4) is 11.1 Å². The molecule has 0 spiro atoms. The molecule has 0 aliphatic carbocycles. The van der Waals surface area contributed by atoms with Crippen molar-refractivity contribution < 1.29 is 14.4 Å². The van der Waals surface area contributed by atoms with Crippen LogP contribution in [0.5, 0.6) is 0 Å². The third-order valence-electron chi connectivity index (χ3n) is 5.21. The molecule has 1 atom stereocenters. The largest absolute Gasteiger partial charge is 0.347 e. The summed E-state index contributed by atoms with van der Waals surface area (Å²) in [5, 5.41) is 2.54. The molecule has 6 nitrogen and oxygen atoms in total. The lowest BCUT2D eigenvalue weighted by molar-refractivity contribution is -0.150. The first-order valence-electron chi connectivity index (χ1n) is 10.1. The lowest BCUT2D eigenvalue weighted by Crippen LogP contribution is -2.60. The molecule has 1 aliphatic heterocycles. The second-order valence-electron chi connectivity index (χ2n) is 7.36. The van der Waals surface area contributed by atoms with Crippen LogP contribution in [0.1, 0.15) is 12.5 Å². The molecule has 156 valence electrons. The highest BCUT2D eigenvalue weighted by molar-refractivity contribution is 5.91. The van der Waals surface area contributed by atoms with Crippen LogP contribution < -0.4 is 5.32 Å². The van der Waals surface area contributed by atoms with Gasteiger partial charge in [0.15, 0.2) is 0 Å². The second kappa shape index (κ2) is 9.87. The van der Waals surface area contributed by atoms with E-state index in [4.69, 9.17) is 0 Å². The van der Waals surface area contributed by atoms with E-state index in [0.29, 0.717) is 26.1 Å². The van der Waals surface area contributed by atoms with E-state index >= 15 is 0 Å². The molecule has 2 aromatic rings. The normalized spacial score (nSPS) is 16.3. The zero-order valence-electron chi connectivity index (χ0n) is 17.2. The SMILES string of the molecule is C=CCN1CCN(C(=O)CNC(C)=O)[C@@H](Cc2cccc(-c3ccccc3)c2)C1=O. The van der Waals surface area contributed by atoms with Gasteiger partial charge in [0.1, 0.15) is 6.04 Å². The Morgan fingerprint density at radius 2 is 1.83 bits per heavy atom. The molecule has 1 aliphatic rings. The minimum Gasteiger partial charge on any atom is -0.347 e. The van der Waals surface area contributed by atoms with E-state index in [2.05, 4.69) is 18.0 Å². The molecule has 6 heteroatoms. The lowest BCUT2D eigenvalue weighted by Gasteiger charge is -2.40. The molecule has 0 saturated carbocycles. The Morgan fingerprint density at radius 1 is 1.10 bits per heavy atom. The van der Waals surface area contributed by atoms with E-state index < -0.39 is 6.04 Å². The van der Waals surface area contributed by atoms with Gasteiger partial charge in [0.25, 0.3) is 0 Å². The molecule has 3 amide bonds. The smallest absolute Gasteiger partial charge is 0.246 e. The zero-order valence-corrected chi connectivity index (χ0v) is 17.2. The maximum absolute atomic E-state index is 13.1. The number of nitrogens with zero attached hydrogens (tertiary/aromatic N) is 2. The van der Waals surface area contributed by atoms with Crippen LogP contribution in [0, 0.1) is 0 Å². The number of benzene rings is 2. The van der Waals surface area contributed by atoms with Gasteiger partial charge in [-0.2, -0.15) is 0 Å². The van der Waals surface area contributed by atoms with Gasteiger partial charge in [0.2, 0.25) is 17.7 Å². The van der Waals surface area contributed by atoms with Crippen LogP contribution in [0.15, 0.2) is 67.3 Å². The summed E-state index contributed by atoms with van der Waals surface area (Å²) < 4.78 is 0. The predicted octanol–water partition coefficient (Wildman–Crippen LogP) is 2.26. The number of nitrogens with one attached hydrogen (secondary N) is 1. The highest BCUT2D eigenvalue weighted by Crippen LogP contribution is 2.23. The van der Waals surface area contributed by atoms with E-state index in [0.717, 1.165) is 16.7 Å². The van der Waals surface area contributed by atoms with E-state index in [1.165, 1.54) is 6.92 Å². The van der Waals surface area contributed by atoms with Crippen molar-refractivity contribution in [1.29, 1.82) is 0 Å². The fraction of sp³-hybridized carbons (Fsp3) is 0.292. The fourth-order valence-electron chi connectivity index (χ4n) is 3.71. The summed E-state index contributed by atoms with van der Waals surface area (Å²) in [7, 11) is 0. The summed E-state index contributed by atoms with van der Waals surface area (Å²) in [4.78, 5) is 40.4. The topological polar surface area (TPSA) is 69.7 Å². The first kappa shape index (κ1) is 21.3. The number of piperazine rings is 1. The fourth-order valence-corrected chi connectivity index (χ4v) is 3.71. The molecular formula is C24H27N3O3. The van der Waals surface area contributed by atoms with Gasteiger partial charge in [-0.1, -0.05) is 60.7 Å². The maximum atomic E-state index is 13.1.